The summed E-state index contributed by atoms with van der Waals surface area (Å²) in [7, 11) is 2.14. The molecule has 2 aromatic rings. The minimum atomic E-state index is -0.365. The summed E-state index contributed by atoms with van der Waals surface area (Å²) in [5, 5.41) is 3.01. The van der Waals surface area contributed by atoms with E-state index in [1.807, 2.05) is 43.3 Å². The van der Waals surface area contributed by atoms with E-state index in [2.05, 4.69) is 17.3 Å². The fourth-order valence-electron chi connectivity index (χ4n) is 3.66. The smallest absolute Gasteiger partial charge is 0.227 e. The Labute approximate surface area is 155 Å². The maximum atomic E-state index is 14.5. The molecule has 1 aliphatic rings. The first-order chi connectivity index (χ1) is 12.6. The first-order valence-corrected chi connectivity index (χ1v) is 9.39. The summed E-state index contributed by atoms with van der Waals surface area (Å²) in [6, 6.07) is 15.1. The summed E-state index contributed by atoms with van der Waals surface area (Å²) in [6.07, 6.45) is 3.41. The number of halogens is 1. The van der Waals surface area contributed by atoms with E-state index in [0.29, 0.717) is 23.7 Å². The van der Waals surface area contributed by atoms with Crippen molar-refractivity contribution < 1.29 is 9.18 Å². The van der Waals surface area contributed by atoms with Crippen molar-refractivity contribution in [1.82, 2.24) is 10.2 Å². The molecule has 0 aliphatic carbocycles. The number of hydrogen-bond acceptors (Lipinski definition) is 2. The maximum absolute atomic E-state index is 14.5. The van der Waals surface area contributed by atoms with Gasteiger partial charge in [0.05, 0.1) is 5.92 Å². The summed E-state index contributed by atoms with van der Waals surface area (Å²) >= 11 is 0. The zero-order chi connectivity index (χ0) is 18.5. The van der Waals surface area contributed by atoms with Crippen LogP contribution in [0.25, 0.3) is 11.1 Å². The van der Waals surface area contributed by atoms with Gasteiger partial charge in [-0.05, 0) is 57.0 Å². The molecule has 1 unspecified atom stereocenters. The van der Waals surface area contributed by atoms with Crippen molar-refractivity contribution in [2.75, 3.05) is 20.1 Å². The summed E-state index contributed by atoms with van der Waals surface area (Å²) < 4.78 is 14.5. The topological polar surface area (TPSA) is 32.3 Å². The third-order valence-corrected chi connectivity index (χ3v) is 5.42. The highest BCUT2D eigenvalue weighted by Gasteiger charge is 2.21. The lowest BCUT2D eigenvalue weighted by Crippen LogP contribution is -2.33. The molecule has 3 rings (SSSR count). The summed E-state index contributed by atoms with van der Waals surface area (Å²) in [6.45, 7) is 3.64. The van der Waals surface area contributed by atoms with Gasteiger partial charge in [0.15, 0.2) is 0 Å². The minimum absolute atomic E-state index is 0.0440. The molecule has 0 saturated carbocycles. The third-order valence-electron chi connectivity index (χ3n) is 5.42. The van der Waals surface area contributed by atoms with Gasteiger partial charge in [-0.15, -0.1) is 0 Å². The number of carbonyl (C=O) groups excluding carboxylic acids is 1. The van der Waals surface area contributed by atoms with Crippen molar-refractivity contribution in [2.45, 2.75) is 38.1 Å². The summed E-state index contributed by atoms with van der Waals surface area (Å²) in [4.78, 5) is 14.8. The molecule has 2 aromatic carbocycles. The van der Waals surface area contributed by atoms with E-state index in [1.54, 1.807) is 6.07 Å². The average Bonchev–Trinajstić information content (AvgIpc) is 3.06. The molecule has 1 aliphatic heterocycles. The molecule has 0 aromatic heterocycles. The van der Waals surface area contributed by atoms with Gasteiger partial charge in [0.25, 0.3) is 0 Å². The molecule has 1 saturated heterocycles. The number of hydrogen-bond donors (Lipinski definition) is 1. The molecule has 0 bridgehead atoms. The molecule has 1 N–H and O–H groups in total. The molecular formula is C22H27FN2O. The minimum Gasteiger partial charge on any atom is -0.356 e. The monoisotopic (exact) mass is 354 g/mol. The van der Waals surface area contributed by atoms with E-state index in [-0.39, 0.29) is 17.6 Å². The second-order valence-corrected chi connectivity index (χ2v) is 7.18. The summed E-state index contributed by atoms with van der Waals surface area (Å²) in [5.41, 5.74) is 2.11. The van der Waals surface area contributed by atoms with Gasteiger partial charge in [-0.25, -0.2) is 4.39 Å². The van der Waals surface area contributed by atoms with Gasteiger partial charge in [0.2, 0.25) is 5.91 Å². The van der Waals surface area contributed by atoms with Crippen LogP contribution in [-0.2, 0) is 4.79 Å². The van der Waals surface area contributed by atoms with Crippen LogP contribution in [0.5, 0.6) is 0 Å². The van der Waals surface area contributed by atoms with Gasteiger partial charge in [-0.1, -0.05) is 42.5 Å². The van der Waals surface area contributed by atoms with Gasteiger partial charge in [-0.2, -0.15) is 0 Å². The number of rotatable bonds is 6. The van der Waals surface area contributed by atoms with Crippen LogP contribution in [-0.4, -0.2) is 37.0 Å². The lowest BCUT2D eigenvalue weighted by molar-refractivity contribution is -0.122. The fourth-order valence-corrected chi connectivity index (χ4v) is 3.66. The van der Waals surface area contributed by atoms with Crippen LogP contribution in [0.2, 0.25) is 0 Å². The third kappa shape index (κ3) is 4.31. The quantitative estimate of drug-likeness (QED) is 0.843. The Kier molecular flexibility index (Phi) is 6.04. The van der Waals surface area contributed by atoms with Crippen molar-refractivity contribution in [2.24, 2.45) is 0 Å². The van der Waals surface area contributed by atoms with Crippen LogP contribution in [0.3, 0.4) is 0 Å². The zero-order valence-corrected chi connectivity index (χ0v) is 15.5. The molecule has 26 heavy (non-hydrogen) atoms. The van der Waals surface area contributed by atoms with E-state index in [1.165, 1.54) is 18.9 Å². The van der Waals surface area contributed by atoms with Crippen molar-refractivity contribution in [3.63, 3.8) is 0 Å². The number of nitrogens with one attached hydrogen (secondary N) is 1. The predicted molar refractivity (Wildman–Crippen MR) is 104 cm³/mol. The van der Waals surface area contributed by atoms with Gasteiger partial charge in [0, 0.05) is 18.2 Å². The van der Waals surface area contributed by atoms with E-state index in [9.17, 15) is 9.18 Å². The van der Waals surface area contributed by atoms with Crippen LogP contribution in [0.15, 0.2) is 48.5 Å². The van der Waals surface area contributed by atoms with E-state index in [4.69, 9.17) is 0 Å². The van der Waals surface area contributed by atoms with Gasteiger partial charge >= 0.3 is 0 Å². The molecule has 1 heterocycles. The second-order valence-electron chi connectivity index (χ2n) is 7.18. The Morgan fingerprint density at radius 2 is 2.04 bits per heavy atom. The van der Waals surface area contributed by atoms with E-state index >= 15 is 0 Å². The SMILES string of the molecule is C[C@@H](C(=O)NCCC1CCCN1C)c1ccc(-c2ccccc2)c(F)c1. The number of amides is 1. The highest BCUT2D eigenvalue weighted by atomic mass is 19.1. The van der Waals surface area contributed by atoms with Gasteiger partial charge < -0.3 is 10.2 Å². The van der Waals surface area contributed by atoms with Crippen molar-refractivity contribution in [3.8, 4) is 11.1 Å². The Hall–Kier alpha value is -2.20. The molecule has 2 atom stereocenters. The number of benzene rings is 2. The Bertz CT molecular complexity index is 747. The fraction of sp³-hybridized carbons (Fsp3) is 0.409. The highest BCUT2D eigenvalue weighted by molar-refractivity contribution is 5.83. The zero-order valence-electron chi connectivity index (χ0n) is 15.5. The molecular weight excluding hydrogens is 327 g/mol. The highest BCUT2D eigenvalue weighted by Crippen LogP contribution is 2.26. The average molecular weight is 354 g/mol. The molecule has 0 radical (unpaired) electrons. The van der Waals surface area contributed by atoms with Crippen molar-refractivity contribution in [3.05, 3.63) is 59.9 Å². The van der Waals surface area contributed by atoms with Gasteiger partial charge in [-0.3, -0.25) is 4.79 Å². The molecule has 0 spiro atoms. The van der Waals surface area contributed by atoms with Crippen LogP contribution in [0, 0.1) is 5.82 Å². The molecule has 3 nitrogen and oxygen atoms in total. The molecule has 138 valence electrons. The maximum Gasteiger partial charge on any atom is 0.227 e. The van der Waals surface area contributed by atoms with Crippen molar-refractivity contribution >= 4 is 5.91 Å². The van der Waals surface area contributed by atoms with Crippen LogP contribution < -0.4 is 5.32 Å². The molecule has 1 amide bonds. The van der Waals surface area contributed by atoms with Crippen molar-refractivity contribution in [1.29, 1.82) is 0 Å². The number of carbonyl (C=O) groups is 1. The van der Waals surface area contributed by atoms with Crippen LogP contribution >= 0.6 is 0 Å². The Morgan fingerprint density at radius 3 is 2.69 bits per heavy atom. The summed E-state index contributed by atoms with van der Waals surface area (Å²) in [5.74, 6) is -0.700. The molecule has 1 fully saturated rings. The van der Waals surface area contributed by atoms with E-state index < -0.39 is 0 Å². The largest absolute Gasteiger partial charge is 0.356 e. The lowest BCUT2D eigenvalue weighted by Gasteiger charge is -2.20. The standard InChI is InChI=1S/C22H27FN2O/c1-16(22(26)24-13-12-19-9-6-14-25(19)2)18-10-11-20(21(23)15-18)17-7-4-3-5-8-17/h3-5,7-8,10-11,15-16,19H,6,9,12-14H2,1-2H3,(H,24,26)/t16-,19?/m1/s1. The number of nitrogens with zero attached hydrogens (tertiary/aromatic N) is 1. The lowest BCUT2D eigenvalue weighted by atomic mass is 9.96. The number of likely N-dealkylation sites (tertiary alicyclic amines) is 1. The first kappa shape index (κ1) is 18.6. The second kappa shape index (κ2) is 8.45. The van der Waals surface area contributed by atoms with E-state index in [0.717, 1.165) is 18.5 Å². The Balaban J connectivity index is 1.59. The van der Waals surface area contributed by atoms with Gasteiger partial charge in [0.1, 0.15) is 5.82 Å². The Morgan fingerprint density at radius 1 is 1.27 bits per heavy atom. The normalized spacial score (nSPS) is 18.7. The predicted octanol–water partition coefficient (Wildman–Crippen LogP) is 4.20. The van der Waals surface area contributed by atoms with Crippen LogP contribution in [0.1, 0.15) is 37.7 Å². The molecule has 4 heteroatoms. The van der Waals surface area contributed by atoms with Crippen LogP contribution in [0.4, 0.5) is 4.39 Å². The first-order valence-electron chi connectivity index (χ1n) is 9.39.